The van der Waals surface area contributed by atoms with Crippen LogP contribution in [0.4, 0.5) is 0 Å². The van der Waals surface area contributed by atoms with E-state index in [2.05, 4.69) is 0 Å². The Kier molecular flexibility index (Phi) is 10.5. The van der Waals surface area contributed by atoms with Crippen molar-refractivity contribution in [2.45, 2.75) is 10.5 Å². The third-order valence-electron chi connectivity index (χ3n) is 1.87. The summed E-state index contributed by atoms with van der Waals surface area (Å²) in [5.41, 5.74) is 0. The molecular formula is C12H10CaO4S2. The largest absolute Gasteiger partial charge is 2.00 e. The van der Waals surface area contributed by atoms with E-state index in [1.165, 1.54) is 23.5 Å². The Morgan fingerprint density at radius 2 is 1.16 bits per heavy atom. The second-order valence-corrected chi connectivity index (χ2v) is 5.28. The fourth-order valence-corrected chi connectivity index (χ4v) is 2.33. The van der Waals surface area contributed by atoms with E-state index in [1.807, 2.05) is 0 Å². The van der Waals surface area contributed by atoms with Crippen LogP contribution in [0.3, 0.4) is 0 Å². The average Bonchev–Trinajstić information content (AvgIpc) is 2.41. The van der Waals surface area contributed by atoms with Crippen molar-refractivity contribution in [3.63, 3.8) is 0 Å². The van der Waals surface area contributed by atoms with Crippen molar-refractivity contribution in [1.29, 1.82) is 0 Å². The van der Waals surface area contributed by atoms with Gasteiger partial charge in [0.2, 0.25) is 0 Å². The maximum absolute atomic E-state index is 10.1. The number of hydrogen-bond acceptors (Lipinski definition) is 6. The number of rotatable bonds is 2. The van der Waals surface area contributed by atoms with Crippen molar-refractivity contribution in [2.75, 3.05) is 0 Å². The van der Waals surface area contributed by atoms with Gasteiger partial charge in [-0.2, -0.15) is 0 Å². The van der Waals surface area contributed by atoms with Gasteiger partial charge in [-0.25, -0.2) is 0 Å². The van der Waals surface area contributed by atoms with Crippen LogP contribution in [0.2, 0.25) is 0 Å². The Bertz CT molecular complexity index is 389. The summed E-state index contributed by atoms with van der Waals surface area (Å²) in [6.07, 6.45) is 10.2. The summed E-state index contributed by atoms with van der Waals surface area (Å²) in [7, 11) is 0. The van der Waals surface area contributed by atoms with E-state index in [0.29, 0.717) is 0 Å². The SMILES string of the molecule is O=C([O-])C1C=CC=CS1.O=C([O-])C1C=CC=CS1.[Ca+2]. The van der Waals surface area contributed by atoms with Gasteiger partial charge in [0.1, 0.15) is 0 Å². The molecule has 0 N–H and O–H groups in total. The first-order valence-electron chi connectivity index (χ1n) is 5.00. The smallest absolute Gasteiger partial charge is 0.549 e. The summed E-state index contributed by atoms with van der Waals surface area (Å²) in [5, 5.41) is 22.8. The van der Waals surface area contributed by atoms with E-state index in [0.717, 1.165) is 0 Å². The summed E-state index contributed by atoms with van der Waals surface area (Å²) >= 11 is 2.48. The topological polar surface area (TPSA) is 80.3 Å². The number of carbonyl (C=O) groups excluding carboxylic acids is 2. The number of allylic oxidation sites excluding steroid dienone is 4. The van der Waals surface area contributed by atoms with Crippen molar-refractivity contribution in [1.82, 2.24) is 0 Å². The van der Waals surface area contributed by atoms with Crippen LogP contribution in [-0.2, 0) is 9.59 Å². The van der Waals surface area contributed by atoms with Crippen LogP contribution in [-0.4, -0.2) is 60.2 Å². The maximum atomic E-state index is 10.1. The molecule has 2 unspecified atom stereocenters. The second-order valence-electron chi connectivity index (χ2n) is 3.18. The van der Waals surface area contributed by atoms with Gasteiger partial charge < -0.3 is 19.8 Å². The molecule has 4 nitrogen and oxygen atoms in total. The molecule has 2 heterocycles. The molecule has 0 spiro atoms. The molecule has 96 valence electrons. The molecule has 0 radical (unpaired) electrons. The van der Waals surface area contributed by atoms with Gasteiger partial charge in [0.05, 0.1) is 22.4 Å². The van der Waals surface area contributed by atoms with E-state index in [-0.39, 0.29) is 37.7 Å². The van der Waals surface area contributed by atoms with Crippen LogP contribution in [0, 0.1) is 0 Å². The average molecular weight is 322 g/mol. The Morgan fingerprint density at radius 3 is 1.32 bits per heavy atom. The minimum Gasteiger partial charge on any atom is -0.549 e. The van der Waals surface area contributed by atoms with Crippen LogP contribution in [0.15, 0.2) is 47.3 Å². The van der Waals surface area contributed by atoms with Gasteiger partial charge in [0.15, 0.2) is 0 Å². The zero-order valence-electron chi connectivity index (χ0n) is 9.93. The van der Waals surface area contributed by atoms with Crippen LogP contribution in [0.5, 0.6) is 0 Å². The first-order chi connectivity index (χ1) is 8.61. The van der Waals surface area contributed by atoms with Crippen molar-refractivity contribution in [3.05, 3.63) is 47.3 Å². The number of thioether (sulfide) groups is 2. The minimum absolute atomic E-state index is 0. The molecule has 0 amide bonds. The summed E-state index contributed by atoms with van der Waals surface area (Å²) in [5.74, 6) is -2.05. The van der Waals surface area contributed by atoms with Gasteiger partial charge in [-0.3, -0.25) is 0 Å². The Morgan fingerprint density at radius 1 is 0.789 bits per heavy atom. The molecule has 0 bridgehead atoms. The molecule has 19 heavy (non-hydrogen) atoms. The quantitative estimate of drug-likeness (QED) is 0.636. The van der Waals surface area contributed by atoms with Crippen LogP contribution >= 0.6 is 23.5 Å². The van der Waals surface area contributed by atoms with E-state index >= 15 is 0 Å². The first kappa shape index (κ1) is 18.9. The molecule has 0 aromatic heterocycles. The summed E-state index contributed by atoms with van der Waals surface area (Å²) in [6.45, 7) is 0. The van der Waals surface area contributed by atoms with Crippen molar-refractivity contribution < 1.29 is 19.8 Å². The first-order valence-corrected chi connectivity index (χ1v) is 6.89. The van der Waals surface area contributed by atoms with E-state index in [9.17, 15) is 19.8 Å². The van der Waals surface area contributed by atoms with Crippen molar-refractivity contribution >= 4 is 73.2 Å². The molecule has 7 heteroatoms. The summed E-state index contributed by atoms with van der Waals surface area (Å²) in [6, 6.07) is 0. The fraction of sp³-hybridized carbons (Fsp3) is 0.167. The standard InChI is InChI=1S/2C6H6O2S.Ca/c2*7-6(8)5-3-1-2-4-9-5;/h2*1-5H,(H,7,8);/q;;+2/p-2. The van der Waals surface area contributed by atoms with Gasteiger partial charge >= 0.3 is 37.7 Å². The molecule has 2 atom stereocenters. The number of carbonyl (C=O) groups is 2. The zero-order chi connectivity index (χ0) is 13.4. The Labute approximate surface area is 149 Å². The predicted molar refractivity (Wildman–Crippen MR) is 75.1 cm³/mol. The molecule has 2 aliphatic rings. The predicted octanol–water partition coefficient (Wildman–Crippen LogP) is -0.538. The van der Waals surface area contributed by atoms with Gasteiger partial charge in [0.25, 0.3) is 0 Å². The maximum Gasteiger partial charge on any atom is 2.00 e. The summed E-state index contributed by atoms with van der Waals surface area (Å²) < 4.78 is 0. The second kappa shape index (κ2) is 10.6. The molecule has 0 aliphatic carbocycles. The van der Waals surface area contributed by atoms with Gasteiger partial charge in [-0.1, -0.05) is 36.5 Å². The van der Waals surface area contributed by atoms with Gasteiger partial charge in [-0.05, 0) is 10.8 Å². The molecule has 0 fully saturated rings. The molecule has 2 aliphatic heterocycles. The minimum atomic E-state index is -1.03. The summed E-state index contributed by atoms with van der Waals surface area (Å²) in [4.78, 5) is 20.3. The van der Waals surface area contributed by atoms with E-state index < -0.39 is 22.4 Å². The molecule has 0 aromatic carbocycles. The Hall–Kier alpha value is -0.140. The van der Waals surface area contributed by atoms with E-state index in [4.69, 9.17) is 0 Å². The molecular weight excluding hydrogens is 312 g/mol. The van der Waals surface area contributed by atoms with Gasteiger partial charge in [-0.15, -0.1) is 23.5 Å². The number of carboxylic acids is 2. The Balaban J connectivity index is 0.000000324. The third kappa shape index (κ3) is 7.89. The fourth-order valence-electron chi connectivity index (χ4n) is 1.04. The van der Waals surface area contributed by atoms with E-state index in [1.54, 1.807) is 47.3 Å². The zero-order valence-corrected chi connectivity index (χ0v) is 13.8. The van der Waals surface area contributed by atoms with Gasteiger partial charge in [0, 0.05) is 0 Å². The molecule has 0 saturated heterocycles. The molecule has 0 saturated carbocycles. The van der Waals surface area contributed by atoms with Crippen molar-refractivity contribution in [3.8, 4) is 0 Å². The van der Waals surface area contributed by atoms with Crippen molar-refractivity contribution in [2.24, 2.45) is 0 Å². The molecule has 0 aromatic rings. The number of carboxylic acid groups (broad SMARTS) is 2. The third-order valence-corrected chi connectivity index (χ3v) is 3.78. The number of hydrogen-bond donors (Lipinski definition) is 0. The normalized spacial score (nSPS) is 22.9. The van der Waals surface area contributed by atoms with Crippen LogP contribution in [0.25, 0.3) is 0 Å². The monoisotopic (exact) mass is 322 g/mol. The van der Waals surface area contributed by atoms with Crippen LogP contribution in [0.1, 0.15) is 0 Å². The number of aliphatic carboxylic acids is 2. The van der Waals surface area contributed by atoms with Crippen LogP contribution < -0.4 is 10.2 Å². The molecule has 2 rings (SSSR count).